The fraction of sp³-hybridized carbons (Fsp3) is 0.429. The number of carbonyl (C=O) groups is 2. The Hall–Kier alpha value is -1.14. The Morgan fingerprint density at radius 2 is 1.75 bits per heavy atom. The first-order chi connectivity index (χ1) is 9.68. The first kappa shape index (κ1) is 16.9. The van der Waals surface area contributed by atoms with Crippen LogP contribution in [-0.2, 0) is 16.0 Å². The lowest BCUT2D eigenvalue weighted by Crippen LogP contribution is -2.25. The van der Waals surface area contributed by atoms with Crippen LogP contribution in [0.5, 0.6) is 0 Å². The summed E-state index contributed by atoms with van der Waals surface area (Å²) in [5.74, 6) is 0.681. The SMILES string of the molecule is O=C(O)CCSSCCNC(=O)CCc1ccccc1. The highest BCUT2D eigenvalue weighted by molar-refractivity contribution is 8.76. The van der Waals surface area contributed by atoms with Gasteiger partial charge >= 0.3 is 5.97 Å². The van der Waals surface area contributed by atoms with Gasteiger partial charge in [0, 0.05) is 24.5 Å². The number of benzene rings is 1. The van der Waals surface area contributed by atoms with Gasteiger partial charge in [-0.25, -0.2) is 0 Å². The lowest BCUT2D eigenvalue weighted by Gasteiger charge is -2.05. The molecule has 6 heteroatoms. The Balaban J connectivity index is 1.96. The minimum atomic E-state index is -0.771. The minimum absolute atomic E-state index is 0.0602. The Kier molecular flexibility index (Phi) is 8.98. The predicted octanol–water partition coefficient (Wildman–Crippen LogP) is 2.59. The van der Waals surface area contributed by atoms with E-state index >= 15 is 0 Å². The molecule has 0 aromatic heterocycles. The second kappa shape index (κ2) is 10.6. The van der Waals surface area contributed by atoms with E-state index in [0.717, 1.165) is 12.2 Å². The third-order valence-corrected chi connectivity index (χ3v) is 4.88. The zero-order valence-corrected chi connectivity index (χ0v) is 12.8. The molecule has 0 unspecified atom stereocenters. The van der Waals surface area contributed by atoms with Crippen molar-refractivity contribution in [2.45, 2.75) is 19.3 Å². The average Bonchev–Trinajstić information content (AvgIpc) is 2.45. The van der Waals surface area contributed by atoms with Gasteiger partial charge in [0.25, 0.3) is 0 Å². The Morgan fingerprint density at radius 1 is 1.05 bits per heavy atom. The molecule has 2 N–H and O–H groups in total. The molecule has 0 saturated carbocycles. The van der Waals surface area contributed by atoms with Crippen molar-refractivity contribution in [3.05, 3.63) is 35.9 Å². The lowest BCUT2D eigenvalue weighted by atomic mass is 10.1. The van der Waals surface area contributed by atoms with Crippen molar-refractivity contribution in [2.24, 2.45) is 0 Å². The van der Waals surface area contributed by atoms with Crippen molar-refractivity contribution in [2.75, 3.05) is 18.1 Å². The van der Waals surface area contributed by atoms with Gasteiger partial charge in [-0.2, -0.15) is 0 Å². The van der Waals surface area contributed by atoms with Crippen molar-refractivity contribution in [3.63, 3.8) is 0 Å². The number of carboxylic acids is 1. The van der Waals surface area contributed by atoms with Gasteiger partial charge in [0.2, 0.25) is 5.91 Å². The molecule has 0 heterocycles. The largest absolute Gasteiger partial charge is 0.481 e. The molecule has 0 atom stereocenters. The van der Waals surface area contributed by atoms with Crippen molar-refractivity contribution in [1.29, 1.82) is 0 Å². The summed E-state index contributed by atoms with van der Waals surface area (Å²) in [7, 11) is 3.12. The van der Waals surface area contributed by atoms with Crippen molar-refractivity contribution in [3.8, 4) is 0 Å². The van der Waals surface area contributed by atoms with Crippen molar-refractivity contribution < 1.29 is 14.7 Å². The van der Waals surface area contributed by atoms with Gasteiger partial charge < -0.3 is 10.4 Å². The van der Waals surface area contributed by atoms with E-state index in [1.807, 2.05) is 30.3 Å². The number of aliphatic carboxylic acids is 1. The van der Waals surface area contributed by atoms with Gasteiger partial charge in [0.15, 0.2) is 0 Å². The van der Waals surface area contributed by atoms with Crippen LogP contribution in [0.25, 0.3) is 0 Å². The molecule has 0 bridgehead atoms. The standard InChI is InChI=1S/C14H19NO3S2/c16-13(7-6-12-4-2-1-3-5-12)15-9-11-20-19-10-8-14(17)18/h1-5H,6-11H2,(H,15,16)(H,17,18). The van der Waals surface area contributed by atoms with Gasteiger partial charge in [-0.15, -0.1) is 0 Å². The molecular formula is C14H19NO3S2. The zero-order chi connectivity index (χ0) is 14.6. The zero-order valence-electron chi connectivity index (χ0n) is 11.2. The predicted molar refractivity (Wildman–Crippen MR) is 84.9 cm³/mol. The van der Waals surface area contributed by atoms with Crippen LogP contribution in [-0.4, -0.2) is 35.0 Å². The Bertz CT molecular complexity index is 412. The van der Waals surface area contributed by atoms with Crippen LogP contribution in [0.3, 0.4) is 0 Å². The molecule has 0 saturated heterocycles. The van der Waals surface area contributed by atoms with E-state index in [9.17, 15) is 9.59 Å². The van der Waals surface area contributed by atoms with Crippen LogP contribution in [0.15, 0.2) is 30.3 Å². The van der Waals surface area contributed by atoms with E-state index in [1.54, 1.807) is 10.8 Å². The number of carbonyl (C=O) groups excluding carboxylic acids is 1. The van der Waals surface area contributed by atoms with Crippen LogP contribution in [0.2, 0.25) is 0 Å². The van der Waals surface area contributed by atoms with Crippen LogP contribution >= 0.6 is 21.6 Å². The Labute approximate surface area is 127 Å². The quantitative estimate of drug-likeness (QED) is 0.513. The van der Waals surface area contributed by atoms with Crippen LogP contribution < -0.4 is 5.32 Å². The summed E-state index contributed by atoms with van der Waals surface area (Å²) in [5, 5.41) is 11.3. The lowest BCUT2D eigenvalue weighted by molar-refractivity contribution is -0.136. The summed E-state index contributed by atoms with van der Waals surface area (Å²) in [4.78, 5) is 21.9. The highest BCUT2D eigenvalue weighted by Gasteiger charge is 2.02. The third kappa shape index (κ3) is 8.87. The van der Waals surface area contributed by atoms with Crippen LogP contribution in [0.4, 0.5) is 0 Å². The number of amides is 1. The maximum atomic E-state index is 11.6. The van der Waals surface area contributed by atoms with Gasteiger partial charge in [-0.1, -0.05) is 51.9 Å². The molecule has 20 heavy (non-hydrogen) atoms. The van der Waals surface area contributed by atoms with E-state index in [1.165, 1.54) is 16.4 Å². The van der Waals surface area contributed by atoms with Crippen LogP contribution in [0, 0.1) is 0 Å². The normalized spacial score (nSPS) is 10.2. The first-order valence-electron chi connectivity index (χ1n) is 6.45. The summed E-state index contributed by atoms with van der Waals surface area (Å²) in [5.41, 5.74) is 1.17. The van der Waals surface area contributed by atoms with E-state index in [4.69, 9.17) is 5.11 Å². The molecule has 1 amide bonds. The molecule has 1 aromatic carbocycles. The maximum absolute atomic E-state index is 11.6. The summed E-state index contributed by atoms with van der Waals surface area (Å²) >= 11 is 0. The molecule has 0 fully saturated rings. The topological polar surface area (TPSA) is 66.4 Å². The summed E-state index contributed by atoms with van der Waals surface area (Å²) < 4.78 is 0. The number of rotatable bonds is 10. The molecule has 0 radical (unpaired) electrons. The summed E-state index contributed by atoms with van der Waals surface area (Å²) in [6.07, 6.45) is 1.44. The van der Waals surface area contributed by atoms with E-state index < -0.39 is 5.97 Å². The molecule has 0 aliphatic heterocycles. The van der Waals surface area contributed by atoms with Gasteiger partial charge in [0.05, 0.1) is 6.42 Å². The molecule has 1 aromatic rings. The third-order valence-electron chi connectivity index (χ3n) is 2.47. The molecule has 4 nitrogen and oxygen atoms in total. The minimum Gasteiger partial charge on any atom is -0.481 e. The number of nitrogens with one attached hydrogen (secondary N) is 1. The molecule has 0 aliphatic rings. The van der Waals surface area contributed by atoms with Crippen molar-refractivity contribution >= 4 is 33.5 Å². The average molecular weight is 313 g/mol. The molecule has 0 spiro atoms. The number of hydrogen-bond acceptors (Lipinski definition) is 4. The highest BCUT2D eigenvalue weighted by atomic mass is 33.1. The van der Waals surface area contributed by atoms with E-state index in [-0.39, 0.29) is 12.3 Å². The summed E-state index contributed by atoms with van der Waals surface area (Å²) in [6, 6.07) is 9.93. The fourth-order valence-electron chi connectivity index (χ4n) is 1.47. The van der Waals surface area contributed by atoms with E-state index in [0.29, 0.717) is 18.7 Å². The van der Waals surface area contributed by atoms with E-state index in [2.05, 4.69) is 5.32 Å². The van der Waals surface area contributed by atoms with Gasteiger partial charge in [-0.05, 0) is 12.0 Å². The number of hydrogen-bond donors (Lipinski definition) is 2. The number of aryl methyl sites for hydroxylation is 1. The second-order valence-electron chi connectivity index (χ2n) is 4.12. The first-order valence-corrected chi connectivity index (χ1v) is 8.94. The van der Waals surface area contributed by atoms with Crippen LogP contribution in [0.1, 0.15) is 18.4 Å². The monoisotopic (exact) mass is 313 g/mol. The highest BCUT2D eigenvalue weighted by Crippen LogP contribution is 2.20. The summed E-state index contributed by atoms with van der Waals surface area (Å²) in [6.45, 7) is 0.623. The molecule has 1 rings (SSSR count). The second-order valence-corrected chi connectivity index (χ2v) is 6.83. The number of carboxylic acid groups (broad SMARTS) is 1. The molecule has 110 valence electrons. The Morgan fingerprint density at radius 3 is 2.45 bits per heavy atom. The van der Waals surface area contributed by atoms with Crippen molar-refractivity contribution in [1.82, 2.24) is 5.32 Å². The van der Waals surface area contributed by atoms with Gasteiger partial charge in [-0.3, -0.25) is 9.59 Å². The molecular weight excluding hydrogens is 294 g/mol. The fourth-order valence-corrected chi connectivity index (χ4v) is 3.36. The smallest absolute Gasteiger partial charge is 0.304 e. The maximum Gasteiger partial charge on any atom is 0.304 e. The van der Waals surface area contributed by atoms with Gasteiger partial charge in [0.1, 0.15) is 0 Å². The molecule has 0 aliphatic carbocycles.